The molecule has 0 fully saturated rings. The van der Waals surface area contributed by atoms with Gasteiger partial charge in [0.15, 0.2) is 0 Å². The number of benzene rings is 2. The second-order valence-corrected chi connectivity index (χ2v) is 5.22. The number of hydrogen-bond acceptors (Lipinski definition) is 2. The van der Waals surface area contributed by atoms with Crippen LogP contribution in [0.2, 0.25) is 0 Å². The van der Waals surface area contributed by atoms with Crippen molar-refractivity contribution in [3.8, 4) is 16.9 Å². The number of halogens is 1. The van der Waals surface area contributed by atoms with E-state index >= 15 is 0 Å². The Balaban J connectivity index is 2.35. The van der Waals surface area contributed by atoms with Crippen LogP contribution in [0.1, 0.15) is 32.4 Å². The molecule has 0 radical (unpaired) electrons. The van der Waals surface area contributed by atoms with Crippen molar-refractivity contribution in [3.05, 3.63) is 53.8 Å². The van der Waals surface area contributed by atoms with Crippen molar-refractivity contribution in [2.24, 2.45) is 5.73 Å². The molecule has 0 heterocycles. The van der Waals surface area contributed by atoms with Gasteiger partial charge < -0.3 is 10.5 Å². The normalized spacial score (nSPS) is 12.5. The zero-order chi connectivity index (χ0) is 14.7. The molecule has 0 saturated heterocycles. The van der Waals surface area contributed by atoms with E-state index in [0.717, 1.165) is 11.1 Å². The molecule has 0 aliphatic carbocycles. The van der Waals surface area contributed by atoms with Crippen LogP contribution < -0.4 is 10.5 Å². The summed E-state index contributed by atoms with van der Waals surface area (Å²) in [6.07, 6.45) is 0.0637. The van der Waals surface area contributed by atoms with E-state index < -0.39 is 0 Å². The number of hydrogen-bond donors (Lipinski definition) is 1. The fraction of sp³-hybridized carbons (Fsp3) is 0.294. The molecule has 0 aromatic heterocycles. The third-order valence-corrected chi connectivity index (χ3v) is 3.06. The lowest BCUT2D eigenvalue weighted by atomic mass is 10.0. The average Bonchev–Trinajstić information content (AvgIpc) is 2.40. The van der Waals surface area contributed by atoms with Gasteiger partial charge in [-0.1, -0.05) is 24.3 Å². The lowest BCUT2D eigenvalue weighted by molar-refractivity contribution is 0.242. The average molecular weight is 273 g/mol. The Morgan fingerprint density at radius 1 is 1.00 bits per heavy atom. The summed E-state index contributed by atoms with van der Waals surface area (Å²) >= 11 is 0. The highest BCUT2D eigenvalue weighted by Gasteiger charge is 2.09. The molecule has 2 N–H and O–H groups in total. The summed E-state index contributed by atoms with van der Waals surface area (Å²) in [7, 11) is 0. The predicted octanol–water partition coefficient (Wildman–Crippen LogP) is 4.30. The number of ether oxygens (including phenoxy) is 1. The first-order chi connectivity index (χ1) is 9.47. The summed E-state index contributed by atoms with van der Waals surface area (Å²) in [6.45, 7) is 5.81. The minimum absolute atomic E-state index is 0.0236. The molecule has 106 valence electrons. The fourth-order valence-corrected chi connectivity index (χ4v) is 2.04. The molecule has 2 aromatic rings. The van der Waals surface area contributed by atoms with E-state index in [9.17, 15) is 4.39 Å². The maximum Gasteiger partial charge on any atom is 0.131 e. The Hall–Kier alpha value is -1.87. The van der Waals surface area contributed by atoms with Gasteiger partial charge in [0, 0.05) is 11.6 Å². The van der Waals surface area contributed by atoms with Gasteiger partial charge in [0.2, 0.25) is 0 Å². The van der Waals surface area contributed by atoms with Gasteiger partial charge in [0.1, 0.15) is 11.6 Å². The Morgan fingerprint density at radius 3 is 2.20 bits per heavy atom. The largest absolute Gasteiger partial charge is 0.491 e. The van der Waals surface area contributed by atoms with Gasteiger partial charge in [-0.2, -0.15) is 0 Å². The zero-order valence-electron chi connectivity index (χ0n) is 12.1. The molecule has 1 atom stereocenters. The molecule has 1 unspecified atom stereocenters. The summed E-state index contributed by atoms with van der Waals surface area (Å²) in [5.41, 5.74) is 8.21. The quantitative estimate of drug-likeness (QED) is 0.901. The van der Waals surface area contributed by atoms with Crippen molar-refractivity contribution in [1.29, 1.82) is 0 Å². The lowest BCUT2D eigenvalue weighted by Gasteiger charge is -2.12. The molecule has 0 spiro atoms. The number of nitrogens with two attached hydrogens (primary N) is 1. The van der Waals surface area contributed by atoms with Gasteiger partial charge in [-0.05, 0) is 50.1 Å². The molecular formula is C17H20FNO. The fourth-order valence-electron chi connectivity index (χ4n) is 2.04. The van der Waals surface area contributed by atoms with Crippen molar-refractivity contribution in [3.63, 3.8) is 0 Å². The first-order valence-corrected chi connectivity index (χ1v) is 6.79. The second-order valence-electron chi connectivity index (χ2n) is 5.22. The third kappa shape index (κ3) is 3.36. The minimum Gasteiger partial charge on any atom is -0.491 e. The maximum absolute atomic E-state index is 14.0. The van der Waals surface area contributed by atoms with Crippen LogP contribution in [0.25, 0.3) is 11.1 Å². The maximum atomic E-state index is 14.0. The van der Waals surface area contributed by atoms with Crippen molar-refractivity contribution < 1.29 is 9.13 Å². The molecule has 0 bridgehead atoms. The first kappa shape index (κ1) is 14.5. The molecule has 2 aromatic carbocycles. The van der Waals surface area contributed by atoms with Gasteiger partial charge in [0.25, 0.3) is 0 Å². The van der Waals surface area contributed by atoms with E-state index in [1.54, 1.807) is 12.1 Å². The standard InChI is InChI=1S/C17H20FNO/c1-11(2)20-15-8-9-17(18)16(10-15)14-6-4-13(5-7-14)12(3)19/h4-12H,19H2,1-3H3. The highest BCUT2D eigenvalue weighted by Crippen LogP contribution is 2.28. The van der Waals surface area contributed by atoms with Crippen LogP contribution in [0, 0.1) is 5.82 Å². The van der Waals surface area contributed by atoms with Crippen LogP contribution in [-0.2, 0) is 0 Å². The predicted molar refractivity (Wildman–Crippen MR) is 80.2 cm³/mol. The summed E-state index contributed by atoms with van der Waals surface area (Å²) < 4.78 is 19.6. The molecule has 0 aliphatic heterocycles. The molecule has 2 nitrogen and oxygen atoms in total. The van der Waals surface area contributed by atoms with Crippen LogP contribution in [0.5, 0.6) is 5.75 Å². The molecule has 3 heteroatoms. The molecular weight excluding hydrogens is 253 g/mol. The Morgan fingerprint density at radius 2 is 1.65 bits per heavy atom. The van der Waals surface area contributed by atoms with E-state index in [-0.39, 0.29) is 18.0 Å². The van der Waals surface area contributed by atoms with Crippen molar-refractivity contribution in [2.75, 3.05) is 0 Å². The number of rotatable bonds is 4. The monoisotopic (exact) mass is 273 g/mol. The van der Waals surface area contributed by atoms with Gasteiger partial charge in [-0.15, -0.1) is 0 Å². The van der Waals surface area contributed by atoms with Crippen molar-refractivity contribution in [1.82, 2.24) is 0 Å². The van der Waals surface area contributed by atoms with E-state index in [2.05, 4.69) is 0 Å². The molecule has 0 aliphatic rings. The van der Waals surface area contributed by atoms with Crippen LogP contribution >= 0.6 is 0 Å². The molecule has 0 saturated carbocycles. The van der Waals surface area contributed by atoms with E-state index in [1.807, 2.05) is 45.0 Å². The van der Waals surface area contributed by atoms with Gasteiger partial charge in [-0.25, -0.2) is 4.39 Å². The van der Waals surface area contributed by atoms with Crippen LogP contribution in [0.3, 0.4) is 0 Å². The van der Waals surface area contributed by atoms with E-state index in [4.69, 9.17) is 10.5 Å². The van der Waals surface area contributed by atoms with Crippen molar-refractivity contribution in [2.45, 2.75) is 32.9 Å². The summed E-state index contributed by atoms with van der Waals surface area (Å²) in [5, 5.41) is 0. The van der Waals surface area contributed by atoms with Crippen molar-refractivity contribution >= 4 is 0 Å². The van der Waals surface area contributed by atoms with E-state index in [0.29, 0.717) is 11.3 Å². The smallest absolute Gasteiger partial charge is 0.131 e. The summed E-state index contributed by atoms with van der Waals surface area (Å²) in [6, 6.07) is 12.4. The van der Waals surface area contributed by atoms with Crippen LogP contribution in [0.15, 0.2) is 42.5 Å². The molecule has 0 amide bonds. The summed E-state index contributed by atoms with van der Waals surface area (Å²) in [5.74, 6) is 0.419. The second kappa shape index (κ2) is 6.06. The van der Waals surface area contributed by atoms with Gasteiger partial charge in [0.05, 0.1) is 6.10 Å². The van der Waals surface area contributed by atoms with E-state index in [1.165, 1.54) is 6.07 Å². The topological polar surface area (TPSA) is 35.2 Å². The summed E-state index contributed by atoms with van der Waals surface area (Å²) in [4.78, 5) is 0. The Bertz CT molecular complexity index is 576. The molecule has 2 rings (SSSR count). The highest BCUT2D eigenvalue weighted by molar-refractivity contribution is 5.66. The van der Waals surface area contributed by atoms with Crippen LogP contribution in [-0.4, -0.2) is 6.10 Å². The first-order valence-electron chi connectivity index (χ1n) is 6.79. The SMILES string of the molecule is CC(C)Oc1ccc(F)c(-c2ccc(C(C)N)cc2)c1. The zero-order valence-corrected chi connectivity index (χ0v) is 12.1. The Labute approximate surface area is 119 Å². The molecule has 20 heavy (non-hydrogen) atoms. The van der Waals surface area contributed by atoms with Gasteiger partial charge >= 0.3 is 0 Å². The minimum atomic E-state index is -0.255. The third-order valence-electron chi connectivity index (χ3n) is 3.06. The van der Waals surface area contributed by atoms with Gasteiger partial charge in [-0.3, -0.25) is 0 Å². The lowest BCUT2D eigenvalue weighted by Crippen LogP contribution is -2.06. The van der Waals surface area contributed by atoms with Crippen LogP contribution in [0.4, 0.5) is 4.39 Å². The Kier molecular flexibility index (Phi) is 4.40. The highest BCUT2D eigenvalue weighted by atomic mass is 19.1.